The molecule has 1 aromatic heterocycles. The van der Waals surface area contributed by atoms with E-state index in [-0.39, 0.29) is 30.1 Å². The Hall–Kier alpha value is -1.13. The molecule has 0 aromatic carbocycles. The highest BCUT2D eigenvalue weighted by Gasteiger charge is 2.40. The topological polar surface area (TPSA) is 68.2 Å². The normalized spacial score (nSPS) is 22.4. The average molecular weight is 516 g/mol. The van der Waals surface area contributed by atoms with Gasteiger partial charge in [-0.2, -0.15) is 0 Å². The lowest BCUT2D eigenvalue weighted by Crippen LogP contribution is -2.42. The maximum Gasteiger partial charge on any atom is 0.213 e. The largest absolute Gasteiger partial charge is 0.474 e. The van der Waals surface area contributed by atoms with Crippen molar-refractivity contribution < 1.29 is 14.2 Å². The Morgan fingerprint density at radius 2 is 2.00 bits per heavy atom. The number of hydrogen-bond acceptors (Lipinski definition) is 5. The lowest BCUT2D eigenvalue weighted by Gasteiger charge is -2.33. The molecule has 162 valence electrons. The fraction of sp³-hybridized carbons (Fsp3) is 0.714. The first-order valence-electron chi connectivity index (χ1n) is 10.5. The van der Waals surface area contributed by atoms with Crippen molar-refractivity contribution in [2.45, 2.75) is 44.8 Å². The molecular formula is C21H33IN4O3. The maximum absolute atomic E-state index is 6.03. The number of aliphatic imine (C=N–C) groups is 1. The highest BCUT2D eigenvalue weighted by Crippen LogP contribution is 2.39. The van der Waals surface area contributed by atoms with Crippen LogP contribution in [0, 0.1) is 5.41 Å². The van der Waals surface area contributed by atoms with E-state index in [0.29, 0.717) is 17.8 Å². The van der Waals surface area contributed by atoms with Crippen molar-refractivity contribution in [3.8, 4) is 5.88 Å². The van der Waals surface area contributed by atoms with E-state index in [1.165, 1.54) is 6.42 Å². The second kappa shape index (κ2) is 10.8. The molecule has 3 saturated heterocycles. The van der Waals surface area contributed by atoms with E-state index in [1.54, 1.807) is 0 Å². The van der Waals surface area contributed by atoms with Crippen molar-refractivity contribution in [2.75, 3.05) is 46.6 Å². The predicted molar refractivity (Wildman–Crippen MR) is 123 cm³/mol. The number of ether oxygens (including phenoxy) is 3. The molecule has 1 N–H and O–H groups in total. The molecule has 1 aromatic rings. The summed E-state index contributed by atoms with van der Waals surface area (Å²) in [6, 6.07) is 4.06. The number of likely N-dealkylation sites (tertiary alicyclic amines) is 1. The van der Waals surface area contributed by atoms with Gasteiger partial charge in [0.1, 0.15) is 6.10 Å². The summed E-state index contributed by atoms with van der Waals surface area (Å²) in [5, 5.41) is 3.52. The molecule has 0 unspecified atom stereocenters. The van der Waals surface area contributed by atoms with Crippen LogP contribution >= 0.6 is 24.0 Å². The van der Waals surface area contributed by atoms with Gasteiger partial charge in [-0.25, -0.2) is 4.98 Å². The Morgan fingerprint density at radius 1 is 1.24 bits per heavy atom. The highest BCUT2D eigenvalue weighted by atomic mass is 127. The van der Waals surface area contributed by atoms with E-state index in [9.17, 15) is 0 Å². The first kappa shape index (κ1) is 22.6. The highest BCUT2D eigenvalue weighted by molar-refractivity contribution is 14.0. The third kappa shape index (κ3) is 5.95. The van der Waals surface area contributed by atoms with Gasteiger partial charge < -0.3 is 24.4 Å². The molecule has 0 atom stereocenters. The minimum atomic E-state index is 0. The van der Waals surface area contributed by atoms with Gasteiger partial charge in [0, 0.05) is 65.0 Å². The number of nitrogens with zero attached hydrogens (tertiary/aromatic N) is 3. The molecule has 0 radical (unpaired) electrons. The molecule has 29 heavy (non-hydrogen) atoms. The minimum absolute atomic E-state index is 0. The molecule has 0 aliphatic carbocycles. The molecule has 3 fully saturated rings. The lowest BCUT2D eigenvalue weighted by molar-refractivity contribution is 0.0217. The van der Waals surface area contributed by atoms with Gasteiger partial charge in [-0.15, -0.1) is 24.0 Å². The van der Waals surface area contributed by atoms with Crippen LogP contribution in [0.3, 0.4) is 0 Å². The molecule has 8 heteroatoms. The van der Waals surface area contributed by atoms with Crippen molar-refractivity contribution in [1.82, 2.24) is 15.2 Å². The summed E-state index contributed by atoms with van der Waals surface area (Å²) in [6.07, 6.45) is 7.45. The van der Waals surface area contributed by atoms with Crippen LogP contribution in [0.25, 0.3) is 0 Å². The second-order valence-electron chi connectivity index (χ2n) is 8.12. The molecule has 4 heterocycles. The van der Waals surface area contributed by atoms with Gasteiger partial charge in [0.2, 0.25) is 5.88 Å². The Morgan fingerprint density at radius 3 is 2.76 bits per heavy atom. The number of guanidine groups is 1. The van der Waals surface area contributed by atoms with Crippen LogP contribution in [0.5, 0.6) is 5.88 Å². The van der Waals surface area contributed by atoms with Crippen LogP contribution in [0.1, 0.15) is 37.7 Å². The Kier molecular flexibility index (Phi) is 8.37. The first-order valence-corrected chi connectivity index (χ1v) is 10.5. The summed E-state index contributed by atoms with van der Waals surface area (Å²) >= 11 is 0. The molecule has 0 saturated carbocycles. The van der Waals surface area contributed by atoms with Crippen molar-refractivity contribution >= 4 is 29.9 Å². The third-order valence-corrected chi connectivity index (χ3v) is 6.21. The summed E-state index contributed by atoms with van der Waals surface area (Å²) in [6.45, 7) is 6.18. The van der Waals surface area contributed by atoms with E-state index in [4.69, 9.17) is 14.2 Å². The van der Waals surface area contributed by atoms with Crippen molar-refractivity contribution in [3.63, 3.8) is 0 Å². The molecule has 4 rings (SSSR count). The van der Waals surface area contributed by atoms with Gasteiger partial charge >= 0.3 is 0 Å². The smallest absolute Gasteiger partial charge is 0.213 e. The van der Waals surface area contributed by atoms with E-state index in [1.807, 2.05) is 25.4 Å². The molecule has 0 amide bonds. The second-order valence-corrected chi connectivity index (χ2v) is 8.12. The van der Waals surface area contributed by atoms with Crippen LogP contribution in [-0.4, -0.2) is 68.5 Å². The van der Waals surface area contributed by atoms with E-state index in [2.05, 4.69) is 20.2 Å². The SMILES string of the molecule is CN=C(NCc1ccnc(OC2CCOCC2)c1)N1CCC2(CCOCC2)C1.I. The van der Waals surface area contributed by atoms with Crippen LogP contribution in [0.15, 0.2) is 23.3 Å². The van der Waals surface area contributed by atoms with Gasteiger partial charge in [0.05, 0.1) is 13.2 Å². The number of pyridine rings is 1. The summed E-state index contributed by atoms with van der Waals surface area (Å²) in [7, 11) is 1.86. The number of rotatable bonds is 4. The Bertz CT molecular complexity index is 676. The molecular weight excluding hydrogens is 483 g/mol. The zero-order chi connectivity index (χ0) is 19.2. The standard InChI is InChI=1S/C21H32N4O3.HI/c1-22-20(25-9-5-21(16-25)6-12-27-13-7-21)24-15-17-2-8-23-19(14-17)28-18-3-10-26-11-4-18;/h2,8,14,18H,3-7,9-13,15-16H2,1H3,(H,22,24);1H. The summed E-state index contributed by atoms with van der Waals surface area (Å²) in [5.41, 5.74) is 1.57. The van der Waals surface area contributed by atoms with Crippen LogP contribution in [-0.2, 0) is 16.0 Å². The minimum Gasteiger partial charge on any atom is -0.474 e. The molecule has 3 aliphatic heterocycles. The lowest BCUT2D eigenvalue weighted by atomic mass is 9.80. The summed E-state index contributed by atoms with van der Waals surface area (Å²) < 4.78 is 17.0. The monoisotopic (exact) mass is 516 g/mol. The molecule has 1 spiro atoms. The fourth-order valence-electron chi connectivity index (χ4n) is 4.43. The summed E-state index contributed by atoms with van der Waals surface area (Å²) in [4.78, 5) is 11.3. The predicted octanol–water partition coefficient (Wildman–Crippen LogP) is 2.84. The van der Waals surface area contributed by atoms with Crippen LogP contribution in [0.4, 0.5) is 0 Å². The Labute approximate surface area is 190 Å². The van der Waals surface area contributed by atoms with Gasteiger partial charge in [0.25, 0.3) is 0 Å². The first-order chi connectivity index (χ1) is 13.8. The van der Waals surface area contributed by atoms with Gasteiger partial charge in [-0.1, -0.05) is 0 Å². The van der Waals surface area contributed by atoms with E-state index >= 15 is 0 Å². The van der Waals surface area contributed by atoms with E-state index < -0.39 is 0 Å². The maximum atomic E-state index is 6.03. The van der Waals surface area contributed by atoms with Gasteiger partial charge in [-0.3, -0.25) is 4.99 Å². The number of aromatic nitrogens is 1. The summed E-state index contributed by atoms with van der Waals surface area (Å²) in [5.74, 6) is 1.68. The number of nitrogens with one attached hydrogen (secondary N) is 1. The fourth-order valence-corrected chi connectivity index (χ4v) is 4.43. The van der Waals surface area contributed by atoms with Crippen LogP contribution in [0.2, 0.25) is 0 Å². The van der Waals surface area contributed by atoms with Crippen molar-refractivity contribution in [1.29, 1.82) is 0 Å². The molecule has 7 nitrogen and oxygen atoms in total. The van der Waals surface area contributed by atoms with Gasteiger partial charge in [0.15, 0.2) is 5.96 Å². The van der Waals surface area contributed by atoms with Gasteiger partial charge in [-0.05, 0) is 36.3 Å². The van der Waals surface area contributed by atoms with E-state index in [0.717, 1.165) is 76.7 Å². The molecule has 3 aliphatic rings. The average Bonchev–Trinajstić information content (AvgIpc) is 3.13. The number of halogens is 1. The van der Waals surface area contributed by atoms with Crippen molar-refractivity contribution in [2.24, 2.45) is 10.4 Å². The number of hydrogen-bond donors (Lipinski definition) is 1. The van der Waals surface area contributed by atoms with Crippen molar-refractivity contribution in [3.05, 3.63) is 23.9 Å². The third-order valence-electron chi connectivity index (χ3n) is 6.21. The van der Waals surface area contributed by atoms with Crippen LogP contribution < -0.4 is 10.1 Å². The zero-order valence-corrected chi connectivity index (χ0v) is 19.6. The zero-order valence-electron chi connectivity index (χ0n) is 17.3. The Balaban J connectivity index is 0.00000240. The quantitative estimate of drug-likeness (QED) is 0.377. The molecule has 0 bridgehead atoms.